The van der Waals surface area contributed by atoms with E-state index in [0.29, 0.717) is 18.7 Å². The summed E-state index contributed by atoms with van der Waals surface area (Å²) in [6, 6.07) is 1.02. The van der Waals surface area contributed by atoms with Crippen molar-refractivity contribution in [3.8, 4) is 0 Å². The molecule has 0 atom stereocenters. The number of carbonyl (C=O) groups is 1. The zero-order valence-electron chi connectivity index (χ0n) is 11.5. The SMILES string of the molecule is CC1(C)CCCN1C(=O)c1cc(S(=O)(=O)Cl)c(F)cc1F. The third-order valence-corrected chi connectivity index (χ3v) is 5.00. The number of hydrogen-bond acceptors (Lipinski definition) is 3. The number of hydrogen-bond donors (Lipinski definition) is 0. The first-order valence-electron chi connectivity index (χ1n) is 6.30. The summed E-state index contributed by atoms with van der Waals surface area (Å²) in [5, 5.41) is 0. The summed E-state index contributed by atoms with van der Waals surface area (Å²) in [7, 11) is 0.695. The molecular weight excluding hydrogens is 324 g/mol. The van der Waals surface area contributed by atoms with E-state index < -0.39 is 42.6 Å². The van der Waals surface area contributed by atoms with Crippen molar-refractivity contribution >= 4 is 25.6 Å². The lowest BCUT2D eigenvalue weighted by Crippen LogP contribution is -2.43. The Kier molecular flexibility index (Phi) is 4.01. The number of carbonyl (C=O) groups excluding carboxylic acids is 1. The summed E-state index contributed by atoms with van der Waals surface area (Å²) >= 11 is 0. The molecule has 1 aliphatic heterocycles. The quantitative estimate of drug-likeness (QED) is 0.780. The number of nitrogens with zero attached hydrogens (tertiary/aromatic N) is 1. The van der Waals surface area contributed by atoms with Gasteiger partial charge >= 0.3 is 0 Å². The van der Waals surface area contributed by atoms with Crippen LogP contribution in [0.1, 0.15) is 37.0 Å². The molecule has 1 aromatic carbocycles. The van der Waals surface area contributed by atoms with Crippen LogP contribution in [0.25, 0.3) is 0 Å². The summed E-state index contributed by atoms with van der Waals surface area (Å²) in [5.74, 6) is -3.10. The van der Waals surface area contributed by atoms with Gasteiger partial charge in [-0.3, -0.25) is 4.79 Å². The number of rotatable bonds is 2. The van der Waals surface area contributed by atoms with Crippen molar-refractivity contribution in [3.05, 3.63) is 29.3 Å². The van der Waals surface area contributed by atoms with Crippen molar-refractivity contribution < 1.29 is 22.0 Å². The van der Waals surface area contributed by atoms with Crippen LogP contribution in [0.2, 0.25) is 0 Å². The summed E-state index contributed by atoms with van der Waals surface area (Å²) in [6.07, 6.45) is 1.52. The lowest BCUT2D eigenvalue weighted by atomic mass is 10.0. The largest absolute Gasteiger partial charge is 0.333 e. The number of halogens is 3. The van der Waals surface area contributed by atoms with Gasteiger partial charge < -0.3 is 4.90 Å². The Bertz CT molecular complexity index is 704. The predicted molar refractivity (Wildman–Crippen MR) is 73.7 cm³/mol. The Labute approximate surface area is 126 Å². The van der Waals surface area contributed by atoms with E-state index >= 15 is 0 Å². The van der Waals surface area contributed by atoms with Gasteiger partial charge in [0.25, 0.3) is 15.0 Å². The van der Waals surface area contributed by atoms with Crippen LogP contribution in [-0.2, 0) is 9.05 Å². The second-order valence-electron chi connectivity index (χ2n) is 5.57. The Morgan fingerprint density at radius 1 is 1.29 bits per heavy atom. The van der Waals surface area contributed by atoms with Crippen LogP contribution in [0.3, 0.4) is 0 Å². The smallest absolute Gasteiger partial charge is 0.264 e. The van der Waals surface area contributed by atoms with E-state index in [1.54, 1.807) is 0 Å². The molecule has 1 heterocycles. The minimum absolute atomic E-state index is 0.367. The summed E-state index contributed by atoms with van der Waals surface area (Å²) in [6.45, 7) is 4.10. The molecular formula is C13H14ClF2NO3S. The molecule has 4 nitrogen and oxygen atoms in total. The molecule has 2 rings (SSSR count). The molecule has 21 heavy (non-hydrogen) atoms. The fourth-order valence-electron chi connectivity index (χ4n) is 2.51. The average molecular weight is 338 g/mol. The minimum atomic E-state index is -4.40. The maximum absolute atomic E-state index is 13.8. The molecule has 1 fully saturated rings. The van der Waals surface area contributed by atoms with Gasteiger partial charge in [0.2, 0.25) is 0 Å². The van der Waals surface area contributed by atoms with Crippen molar-refractivity contribution in [3.63, 3.8) is 0 Å². The van der Waals surface area contributed by atoms with Crippen molar-refractivity contribution in [2.75, 3.05) is 6.54 Å². The molecule has 116 valence electrons. The number of amides is 1. The van der Waals surface area contributed by atoms with Crippen LogP contribution in [0.5, 0.6) is 0 Å². The first-order valence-corrected chi connectivity index (χ1v) is 8.60. The predicted octanol–water partition coefficient (Wildman–Crippen LogP) is 2.91. The minimum Gasteiger partial charge on any atom is -0.333 e. The maximum Gasteiger partial charge on any atom is 0.264 e. The Morgan fingerprint density at radius 2 is 1.90 bits per heavy atom. The van der Waals surface area contributed by atoms with E-state index in [4.69, 9.17) is 10.7 Å². The zero-order valence-corrected chi connectivity index (χ0v) is 13.1. The molecule has 8 heteroatoms. The molecule has 0 unspecified atom stereocenters. The number of likely N-dealkylation sites (tertiary alicyclic amines) is 1. The molecule has 1 aromatic rings. The first kappa shape index (κ1) is 16.2. The highest BCUT2D eigenvalue weighted by molar-refractivity contribution is 8.13. The third-order valence-electron chi connectivity index (χ3n) is 3.66. The van der Waals surface area contributed by atoms with Crippen molar-refractivity contribution in [2.45, 2.75) is 37.1 Å². The monoisotopic (exact) mass is 337 g/mol. The van der Waals surface area contributed by atoms with Crippen molar-refractivity contribution in [1.82, 2.24) is 4.90 Å². The van der Waals surface area contributed by atoms with E-state index in [0.717, 1.165) is 12.8 Å². The normalized spacial score (nSPS) is 18.0. The second kappa shape index (κ2) is 5.21. The van der Waals surface area contributed by atoms with Crippen molar-refractivity contribution in [1.29, 1.82) is 0 Å². The highest BCUT2D eigenvalue weighted by Gasteiger charge is 2.37. The zero-order chi connectivity index (χ0) is 16.0. The molecule has 0 radical (unpaired) electrons. The van der Waals surface area contributed by atoms with E-state index in [2.05, 4.69) is 0 Å². The molecule has 1 saturated heterocycles. The standard InChI is InChI=1S/C13H14ClF2NO3S/c1-13(2)4-3-5-17(13)12(18)8-6-11(21(14,19)20)10(16)7-9(8)15/h6-7H,3-5H2,1-2H3. The van der Waals surface area contributed by atoms with E-state index in [1.165, 1.54) is 4.90 Å². The van der Waals surface area contributed by atoms with E-state index in [1.807, 2.05) is 13.8 Å². The van der Waals surface area contributed by atoms with Crippen LogP contribution in [-0.4, -0.2) is 31.3 Å². The highest BCUT2D eigenvalue weighted by atomic mass is 35.7. The van der Waals surface area contributed by atoms with Gasteiger partial charge in [-0.25, -0.2) is 17.2 Å². The van der Waals surface area contributed by atoms with Gasteiger partial charge in [0.1, 0.15) is 16.5 Å². The maximum atomic E-state index is 13.8. The summed E-state index contributed by atoms with van der Waals surface area (Å²) < 4.78 is 49.9. The lowest BCUT2D eigenvalue weighted by Gasteiger charge is -2.31. The first-order chi connectivity index (χ1) is 9.54. The van der Waals surface area contributed by atoms with E-state index in [9.17, 15) is 22.0 Å². The van der Waals surface area contributed by atoms with Crippen LogP contribution in [0.15, 0.2) is 17.0 Å². The van der Waals surface area contributed by atoms with Gasteiger partial charge in [-0.1, -0.05) is 0 Å². The van der Waals surface area contributed by atoms with Crippen LogP contribution < -0.4 is 0 Å². The molecule has 0 N–H and O–H groups in total. The van der Waals surface area contributed by atoms with Gasteiger partial charge in [0.15, 0.2) is 0 Å². The molecule has 1 aliphatic rings. The summed E-state index contributed by atoms with van der Waals surface area (Å²) in [4.78, 5) is 13.0. The average Bonchev–Trinajstić information content (AvgIpc) is 2.66. The molecule has 0 spiro atoms. The van der Waals surface area contributed by atoms with Gasteiger partial charge in [0.05, 0.1) is 5.56 Å². The lowest BCUT2D eigenvalue weighted by molar-refractivity contribution is 0.0646. The van der Waals surface area contributed by atoms with E-state index in [-0.39, 0.29) is 0 Å². The molecule has 0 aromatic heterocycles. The van der Waals surface area contributed by atoms with Gasteiger partial charge in [-0.05, 0) is 32.8 Å². The highest BCUT2D eigenvalue weighted by Crippen LogP contribution is 2.31. The fourth-order valence-corrected chi connectivity index (χ4v) is 3.41. The van der Waals surface area contributed by atoms with Gasteiger partial charge in [0, 0.05) is 28.8 Å². The molecule has 0 aliphatic carbocycles. The van der Waals surface area contributed by atoms with Crippen molar-refractivity contribution in [2.24, 2.45) is 0 Å². The second-order valence-corrected chi connectivity index (χ2v) is 8.11. The Hall–Kier alpha value is -1.21. The third kappa shape index (κ3) is 3.03. The molecule has 1 amide bonds. The Morgan fingerprint density at radius 3 is 2.38 bits per heavy atom. The summed E-state index contributed by atoms with van der Waals surface area (Å²) in [5.41, 5.74) is -0.955. The number of benzene rings is 1. The fraction of sp³-hybridized carbons (Fsp3) is 0.462. The van der Waals surface area contributed by atoms with Gasteiger partial charge in [-0.2, -0.15) is 0 Å². The molecule has 0 saturated carbocycles. The van der Waals surface area contributed by atoms with Crippen LogP contribution >= 0.6 is 10.7 Å². The van der Waals surface area contributed by atoms with Crippen LogP contribution in [0.4, 0.5) is 8.78 Å². The van der Waals surface area contributed by atoms with Gasteiger partial charge in [-0.15, -0.1) is 0 Å². The topological polar surface area (TPSA) is 54.5 Å². The van der Waals surface area contributed by atoms with Crippen LogP contribution in [0, 0.1) is 11.6 Å². The molecule has 0 bridgehead atoms. The Balaban J connectivity index is 2.52.